The van der Waals surface area contributed by atoms with Crippen molar-refractivity contribution in [3.8, 4) is 11.1 Å². The summed E-state index contributed by atoms with van der Waals surface area (Å²) in [4.78, 5) is 9.93. The number of nitrogens with one attached hydrogen (secondary N) is 1. The van der Waals surface area contributed by atoms with Crippen LogP contribution in [0.4, 0.5) is 11.5 Å². The molecule has 0 saturated carbocycles. The van der Waals surface area contributed by atoms with Crippen LogP contribution in [0, 0.1) is 13.8 Å². The number of hydrogen-bond donors (Lipinski definition) is 1. The molecule has 3 nitrogen and oxygen atoms in total. The van der Waals surface area contributed by atoms with Gasteiger partial charge in [-0.15, -0.1) is 11.3 Å². The molecule has 0 amide bonds. The number of anilines is 2. The highest BCUT2D eigenvalue weighted by Crippen LogP contribution is 2.38. The Morgan fingerprint density at radius 1 is 0.960 bits per heavy atom. The predicted molar refractivity (Wildman–Crippen MR) is 110 cm³/mol. The zero-order chi connectivity index (χ0) is 17.4. The summed E-state index contributed by atoms with van der Waals surface area (Å²) in [6, 6.07) is 14.6. The molecule has 2 aromatic carbocycles. The van der Waals surface area contributed by atoms with Crippen LogP contribution >= 0.6 is 27.3 Å². The van der Waals surface area contributed by atoms with E-state index >= 15 is 0 Å². The highest BCUT2D eigenvalue weighted by atomic mass is 79.9. The molecule has 4 aromatic rings. The Morgan fingerprint density at radius 3 is 2.52 bits per heavy atom. The van der Waals surface area contributed by atoms with Crippen LogP contribution in [-0.2, 0) is 0 Å². The first kappa shape index (κ1) is 16.2. The summed E-state index contributed by atoms with van der Waals surface area (Å²) in [5.41, 5.74) is 5.95. The van der Waals surface area contributed by atoms with Crippen molar-refractivity contribution in [1.82, 2.24) is 9.97 Å². The lowest BCUT2D eigenvalue weighted by molar-refractivity contribution is 1.23. The number of thiophene rings is 1. The fourth-order valence-corrected chi connectivity index (χ4v) is 3.94. The zero-order valence-electron chi connectivity index (χ0n) is 13.9. The molecule has 0 saturated heterocycles. The SMILES string of the molecule is Cc1ccc(-c2csc3ncnc(Nc4ccc(Br)cc4)c23)cc1C. The average molecular weight is 410 g/mol. The Labute approximate surface area is 158 Å². The second kappa shape index (κ2) is 6.58. The lowest BCUT2D eigenvalue weighted by Crippen LogP contribution is -1.95. The van der Waals surface area contributed by atoms with Crippen molar-refractivity contribution in [2.45, 2.75) is 13.8 Å². The van der Waals surface area contributed by atoms with E-state index in [1.807, 2.05) is 24.3 Å². The molecule has 0 radical (unpaired) electrons. The van der Waals surface area contributed by atoms with Crippen molar-refractivity contribution >= 4 is 49.0 Å². The van der Waals surface area contributed by atoms with Crippen LogP contribution in [0.15, 0.2) is 58.6 Å². The van der Waals surface area contributed by atoms with Gasteiger partial charge < -0.3 is 5.32 Å². The van der Waals surface area contributed by atoms with Crippen LogP contribution < -0.4 is 5.32 Å². The van der Waals surface area contributed by atoms with E-state index in [1.54, 1.807) is 17.7 Å². The summed E-state index contributed by atoms with van der Waals surface area (Å²) in [5.74, 6) is 0.835. The van der Waals surface area contributed by atoms with E-state index in [4.69, 9.17) is 0 Å². The van der Waals surface area contributed by atoms with Crippen molar-refractivity contribution in [2.75, 3.05) is 5.32 Å². The largest absolute Gasteiger partial charge is 0.340 e. The molecule has 0 spiro atoms. The summed E-state index contributed by atoms with van der Waals surface area (Å²) in [6.45, 7) is 4.28. The van der Waals surface area contributed by atoms with Crippen molar-refractivity contribution in [3.63, 3.8) is 0 Å². The Balaban J connectivity index is 1.83. The van der Waals surface area contributed by atoms with Crippen molar-refractivity contribution in [3.05, 3.63) is 69.8 Å². The molecule has 124 valence electrons. The van der Waals surface area contributed by atoms with E-state index in [2.05, 4.69) is 68.6 Å². The van der Waals surface area contributed by atoms with E-state index in [1.165, 1.54) is 22.3 Å². The Kier molecular flexibility index (Phi) is 4.27. The number of fused-ring (bicyclic) bond motifs is 1. The van der Waals surface area contributed by atoms with Gasteiger partial charge in [0.1, 0.15) is 17.0 Å². The predicted octanol–water partition coefficient (Wildman–Crippen LogP) is 6.48. The third kappa shape index (κ3) is 3.17. The normalized spacial score (nSPS) is 11.0. The topological polar surface area (TPSA) is 37.8 Å². The molecular weight excluding hydrogens is 394 g/mol. The fraction of sp³-hybridized carbons (Fsp3) is 0.100. The van der Waals surface area contributed by atoms with Gasteiger partial charge in [0.25, 0.3) is 0 Å². The maximum absolute atomic E-state index is 4.50. The van der Waals surface area contributed by atoms with Gasteiger partial charge in [-0.3, -0.25) is 0 Å². The van der Waals surface area contributed by atoms with Crippen molar-refractivity contribution in [1.29, 1.82) is 0 Å². The molecule has 4 rings (SSSR count). The molecule has 0 aliphatic heterocycles. The first-order chi connectivity index (χ1) is 12.1. The third-order valence-corrected chi connectivity index (χ3v) is 5.71. The number of aryl methyl sites for hydroxylation is 2. The van der Waals surface area contributed by atoms with Gasteiger partial charge in [-0.1, -0.05) is 34.1 Å². The van der Waals surface area contributed by atoms with E-state index in [9.17, 15) is 0 Å². The second-order valence-corrected chi connectivity index (χ2v) is 7.76. The number of rotatable bonds is 3. The van der Waals surface area contributed by atoms with Crippen LogP contribution in [0.2, 0.25) is 0 Å². The zero-order valence-corrected chi connectivity index (χ0v) is 16.3. The molecule has 0 fully saturated rings. The monoisotopic (exact) mass is 409 g/mol. The number of aromatic nitrogens is 2. The second-order valence-electron chi connectivity index (χ2n) is 5.98. The molecule has 0 atom stereocenters. The maximum Gasteiger partial charge on any atom is 0.143 e. The lowest BCUT2D eigenvalue weighted by Gasteiger charge is -2.09. The summed E-state index contributed by atoms with van der Waals surface area (Å²) in [7, 11) is 0. The number of hydrogen-bond acceptors (Lipinski definition) is 4. The molecular formula is C20H16BrN3S. The molecule has 2 heterocycles. The first-order valence-corrected chi connectivity index (χ1v) is 9.61. The Morgan fingerprint density at radius 2 is 1.76 bits per heavy atom. The highest BCUT2D eigenvalue weighted by Gasteiger charge is 2.13. The third-order valence-electron chi connectivity index (χ3n) is 4.30. The highest BCUT2D eigenvalue weighted by molar-refractivity contribution is 9.10. The average Bonchev–Trinajstić information content (AvgIpc) is 3.04. The van der Waals surface area contributed by atoms with Crippen molar-refractivity contribution < 1.29 is 0 Å². The summed E-state index contributed by atoms with van der Waals surface area (Å²) in [6.07, 6.45) is 1.62. The summed E-state index contributed by atoms with van der Waals surface area (Å²) in [5, 5.41) is 6.66. The Bertz CT molecular complexity index is 1050. The van der Waals surface area contributed by atoms with Gasteiger partial charge in [-0.05, 0) is 54.8 Å². The fourth-order valence-electron chi connectivity index (χ4n) is 2.76. The molecule has 5 heteroatoms. The lowest BCUT2D eigenvalue weighted by atomic mass is 10.0. The minimum Gasteiger partial charge on any atom is -0.340 e. The summed E-state index contributed by atoms with van der Waals surface area (Å²) >= 11 is 5.11. The summed E-state index contributed by atoms with van der Waals surface area (Å²) < 4.78 is 1.05. The van der Waals surface area contributed by atoms with Gasteiger partial charge in [0.2, 0.25) is 0 Å². The molecule has 0 aliphatic carbocycles. The molecule has 0 aliphatic rings. The van der Waals surface area contributed by atoms with Crippen LogP contribution in [0.1, 0.15) is 11.1 Å². The van der Waals surface area contributed by atoms with Gasteiger partial charge in [-0.2, -0.15) is 0 Å². The number of benzene rings is 2. The van der Waals surface area contributed by atoms with Crippen LogP contribution in [0.25, 0.3) is 21.3 Å². The van der Waals surface area contributed by atoms with E-state index in [0.29, 0.717) is 0 Å². The molecule has 0 unspecified atom stereocenters. The first-order valence-electron chi connectivity index (χ1n) is 7.94. The number of halogens is 1. The molecule has 25 heavy (non-hydrogen) atoms. The van der Waals surface area contributed by atoms with Crippen LogP contribution in [0.5, 0.6) is 0 Å². The Hall–Kier alpha value is -2.24. The van der Waals surface area contributed by atoms with E-state index in [-0.39, 0.29) is 0 Å². The van der Waals surface area contributed by atoms with Crippen molar-refractivity contribution in [2.24, 2.45) is 0 Å². The van der Waals surface area contributed by atoms with Gasteiger partial charge in [-0.25, -0.2) is 9.97 Å². The van der Waals surface area contributed by atoms with Gasteiger partial charge in [0, 0.05) is 21.1 Å². The van der Waals surface area contributed by atoms with Gasteiger partial charge in [0.05, 0.1) is 5.39 Å². The smallest absolute Gasteiger partial charge is 0.143 e. The van der Waals surface area contributed by atoms with Crippen LogP contribution in [0.3, 0.4) is 0 Å². The van der Waals surface area contributed by atoms with Gasteiger partial charge in [0.15, 0.2) is 0 Å². The van der Waals surface area contributed by atoms with E-state index in [0.717, 1.165) is 26.2 Å². The standard InChI is InChI=1S/C20H16BrN3S/c1-12-3-4-14(9-13(12)2)17-10-25-20-18(17)19(22-11-23-20)24-16-7-5-15(21)6-8-16/h3-11H,1-2H3,(H,22,23,24). The maximum atomic E-state index is 4.50. The minimum atomic E-state index is 0.835. The number of nitrogens with zero attached hydrogens (tertiary/aromatic N) is 2. The molecule has 2 aromatic heterocycles. The molecule has 1 N–H and O–H groups in total. The quantitative estimate of drug-likeness (QED) is 0.420. The molecule has 0 bridgehead atoms. The van der Waals surface area contributed by atoms with Gasteiger partial charge >= 0.3 is 0 Å². The minimum absolute atomic E-state index is 0.835. The van der Waals surface area contributed by atoms with Crippen LogP contribution in [-0.4, -0.2) is 9.97 Å². The van der Waals surface area contributed by atoms with E-state index < -0.39 is 0 Å².